The Balaban J connectivity index is 2.30. The number of amides is 1. The molecule has 0 aliphatic carbocycles. The number of hydrogen-bond acceptors (Lipinski definition) is 4. The van der Waals surface area contributed by atoms with E-state index in [1.807, 2.05) is 0 Å². The molecule has 2 rings (SSSR count). The third-order valence-electron chi connectivity index (χ3n) is 2.77. The largest absolute Gasteiger partial charge is 0.392 e. The summed E-state index contributed by atoms with van der Waals surface area (Å²) >= 11 is 0. The normalized spacial score (nSPS) is 10.2. The van der Waals surface area contributed by atoms with E-state index >= 15 is 0 Å². The summed E-state index contributed by atoms with van der Waals surface area (Å²) in [4.78, 5) is 22.1. The summed E-state index contributed by atoms with van der Waals surface area (Å²) < 4.78 is 13.0. The fourth-order valence-corrected chi connectivity index (χ4v) is 1.79. The van der Waals surface area contributed by atoms with E-state index in [1.54, 1.807) is 18.2 Å². The molecule has 0 bridgehead atoms. The predicted octanol–water partition coefficient (Wildman–Crippen LogP) is 2.48. The lowest BCUT2D eigenvalue weighted by atomic mass is 10.1. The molecule has 108 valence electrons. The van der Waals surface area contributed by atoms with Crippen LogP contribution in [0.25, 0.3) is 0 Å². The van der Waals surface area contributed by atoms with Crippen LogP contribution in [-0.2, 0) is 6.61 Å². The Labute approximate surface area is 119 Å². The molecule has 0 saturated carbocycles. The van der Waals surface area contributed by atoms with E-state index in [4.69, 9.17) is 5.11 Å². The molecule has 0 unspecified atom stereocenters. The van der Waals surface area contributed by atoms with Gasteiger partial charge in [-0.1, -0.05) is 12.1 Å². The highest BCUT2D eigenvalue weighted by Gasteiger charge is 2.21. The first-order valence-corrected chi connectivity index (χ1v) is 5.96. The molecule has 0 aliphatic rings. The molecule has 7 heteroatoms. The Morgan fingerprint density at radius 3 is 2.71 bits per heavy atom. The summed E-state index contributed by atoms with van der Waals surface area (Å²) in [6.07, 6.45) is 0. The van der Waals surface area contributed by atoms with Crippen molar-refractivity contribution in [2.24, 2.45) is 0 Å². The lowest BCUT2D eigenvalue weighted by Gasteiger charge is -2.07. The zero-order valence-electron chi connectivity index (χ0n) is 10.7. The Kier molecular flexibility index (Phi) is 4.24. The number of rotatable bonds is 4. The fraction of sp³-hybridized carbons (Fsp3) is 0.0714. The Hall–Kier alpha value is -2.80. The van der Waals surface area contributed by atoms with Gasteiger partial charge in [-0.15, -0.1) is 0 Å². The molecular weight excluding hydrogens is 279 g/mol. The Morgan fingerprint density at radius 2 is 2.05 bits per heavy atom. The molecule has 21 heavy (non-hydrogen) atoms. The van der Waals surface area contributed by atoms with E-state index in [2.05, 4.69) is 5.32 Å². The van der Waals surface area contributed by atoms with Gasteiger partial charge in [-0.05, 0) is 29.8 Å². The maximum atomic E-state index is 13.0. The van der Waals surface area contributed by atoms with Crippen LogP contribution in [0.2, 0.25) is 0 Å². The van der Waals surface area contributed by atoms with Crippen LogP contribution < -0.4 is 5.32 Å². The fourth-order valence-electron chi connectivity index (χ4n) is 1.79. The highest BCUT2D eigenvalue weighted by molar-refractivity contribution is 6.07. The maximum absolute atomic E-state index is 13.0. The highest BCUT2D eigenvalue weighted by atomic mass is 19.1. The second kappa shape index (κ2) is 6.10. The van der Waals surface area contributed by atoms with Gasteiger partial charge >= 0.3 is 0 Å². The Bertz CT molecular complexity index is 703. The van der Waals surface area contributed by atoms with Crippen molar-refractivity contribution in [2.45, 2.75) is 6.61 Å². The third-order valence-corrected chi connectivity index (χ3v) is 2.77. The van der Waals surface area contributed by atoms with Gasteiger partial charge in [0.05, 0.1) is 17.6 Å². The lowest BCUT2D eigenvalue weighted by Crippen LogP contribution is -2.14. The van der Waals surface area contributed by atoms with Gasteiger partial charge in [-0.3, -0.25) is 14.9 Å². The summed E-state index contributed by atoms with van der Waals surface area (Å²) in [6.45, 7) is -0.194. The van der Waals surface area contributed by atoms with Crippen molar-refractivity contribution in [1.82, 2.24) is 0 Å². The first kappa shape index (κ1) is 14.6. The molecule has 2 N–H and O–H groups in total. The number of hydrogen-bond donors (Lipinski definition) is 2. The van der Waals surface area contributed by atoms with E-state index in [9.17, 15) is 19.3 Å². The minimum atomic E-state index is -0.817. The number of anilines is 1. The van der Waals surface area contributed by atoms with Crippen molar-refractivity contribution >= 4 is 17.3 Å². The number of benzene rings is 2. The van der Waals surface area contributed by atoms with Gasteiger partial charge < -0.3 is 10.4 Å². The van der Waals surface area contributed by atoms with E-state index < -0.39 is 22.3 Å². The van der Waals surface area contributed by atoms with Gasteiger partial charge in [-0.2, -0.15) is 0 Å². The van der Waals surface area contributed by atoms with E-state index in [-0.39, 0.29) is 12.2 Å². The number of aliphatic hydroxyl groups excluding tert-OH is 1. The SMILES string of the molecule is O=C(Nc1cccc(CO)c1)c1ccc(F)cc1[N+](=O)[O-]. The summed E-state index contributed by atoms with van der Waals surface area (Å²) in [7, 11) is 0. The predicted molar refractivity (Wildman–Crippen MR) is 73.4 cm³/mol. The maximum Gasteiger partial charge on any atom is 0.285 e. The van der Waals surface area contributed by atoms with Crippen molar-refractivity contribution in [2.75, 3.05) is 5.32 Å². The standard InChI is InChI=1S/C14H11FN2O4/c15-10-4-5-12(13(7-10)17(20)21)14(19)16-11-3-1-2-9(6-11)8-18/h1-7,18H,8H2,(H,16,19). The van der Waals surface area contributed by atoms with Crippen LogP contribution in [0.3, 0.4) is 0 Å². The first-order chi connectivity index (χ1) is 10.0. The van der Waals surface area contributed by atoms with Crippen LogP contribution in [0.1, 0.15) is 15.9 Å². The minimum absolute atomic E-state index is 0.194. The lowest BCUT2D eigenvalue weighted by molar-refractivity contribution is -0.385. The zero-order chi connectivity index (χ0) is 15.4. The number of carbonyl (C=O) groups is 1. The number of nitro groups is 1. The Morgan fingerprint density at radius 1 is 1.29 bits per heavy atom. The molecule has 2 aromatic rings. The van der Waals surface area contributed by atoms with E-state index in [1.165, 1.54) is 6.07 Å². The van der Waals surface area contributed by atoms with Gasteiger partial charge in [0, 0.05) is 5.69 Å². The molecule has 6 nitrogen and oxygen atoms in total. The smallest absolute Gasteiger partial charge is 0.285 e. The van der Waals surface area contributed by atoms with Crippen LogP contribution in [0.4, 0.5) is 15.8 Å². The quantitative estimate of drug-likeness (QED) is 0.668. The second-order valence-corrected chi connectivity index (χ2v) is 4.23. The average Bonchev–Trinajstić information content (AvgIpc) is 2.47. The molecule has 1 amide bonds. The molecule has 0 atom stereocenters. The van der Waals surface area contributed by atoms with Gasteiger partial charge in [-0.25, -0.2) is 4.39 Å². The topological polar surface area (TPSA) is 92.5 Å². The molecule has 2 aromatic carbocycles. The highest BCUT2D eigenvalue weighted by Crippen LogP contribution is 2.21. The third kappa shape index (κ3) is 3.40. The van der Waals surface area contributed by atoms with Gasteiger partial charge in [0.1, 0.15) is 11.4 Å². The van der Waals surface area contributed by atoms with Gasteiger partial charge in [0.15, 0.2) is 0 Å². The minimum Gasteiger partial charge on any atom is -0.392 e. The number of halogens is 1. The molecular formula is C14H11FN2O4. The summed E-state index contributed by atoms with van der Waals surface area (Å²) in [6, 6.07) is 9.12. The van der Waals surface area contributed by atoms with E-state index in [0.717, 1.165) is 12.1 Å². The summed E-state index contributed by atoms with van der Waals surface area (Å²) in [5.74, 6) is -1.52. The number of carbonyl (C=O) groups excluding carboxylic acids is 1. The van der Waals surface area contributed by atoms with Crippen LogP contribution in [0.5, 0.6) is 0 Å². The molecule has 0 aromatic heterocycles. The molecule has 0 fully saturated rings. The van der Waals surface area contributed by atoms with Crippen LogP contribution >= 0.6 is 0 Å². The zero-order valence-corrected chi connectivity index (χ0v) is 10.7. The van der Waals surface area contributed by atoms with Crippen LogP contribution in [0, 0.1) is 15.9 Å². The van der Waals surface area contributed by atoms with Crippen molar-refractivity contribution in [3.05, 3.63) is 69.5 Å². The molecule has 0 saturated heterocycles. The first-order valence-electron chi connectivity index (χ1n) is 5.96. The van der Waals surface area contributed by atoms with Gasteiger partial charge in [0.2, 0.25) is 0 Å². The van der Waals surface area contributed by atoms with Crippen molar-refractivity contribution in [1.29, 1.82) is 0 Å². The number of nitro benzene ring substituents is 1. The monoisotopic (exact) mass is 290 g/mol. The van der Waals surface area contributed by atoms with E-state index in [0.29, 0.717) is 17.3 Å². The molecule has 0 radical (unpaired) electrons. The number of nitrogens with one attached hydrogen (secondary N) is 1. The second-order valence-electron chi connectivity index (χ2n) is 4.23. The van der Waals surface area contributed by atoms with Crippen molar-refractivity contribution in [3.63, 3.8) is 0 Å². The van der Waals surface area contributed by atoms with Crippen LogP contribution in [-0.4, -0.2) is 15.9 Å². The summed E-state index contributed by atoms with van der Waals surface area (Å²) in [5, 5.41) is 22.3. The number of nitrogens with zero attached hydrogens (tertiary/aromatic N) is 1. The number of aliphatic hydroxyl groups is 1. The molecule has 0 heterocycles. The molecule has 0 aliphatic heterocycles. The summed E-state index contributed by atoms with van der Waals surface area (Å²) in [5.41, 5.74) is 0.119. The molecule has 0 spiro atoms. The van der Waals surface area contributed by atoms with Crippen molar-refractivity contribution in [3.8, 4) is 0 Å². The van der Waals surface area contributed by atoms with Crippen LogP contribution in [0.15, 0.2) is 42.5 Å². The van der Waals surface area contributed by atoms with Crippen molar-refractivity contribution < 1.29 is 19.2 Å². The average molecular weight is 290 g/mol. The van der Waals surface area contributed by atoms with Gasteiger partial charge in [0.25, 0.3) is 11.6 Å².